The van der Waals surface area contributed by atoms with Crippen molar-refractivity contribution < 1.29 is 14.1 Å². The van der Waals surface area contributed by atoms with E-state index in [1.807, 2.05) is 5.38 Å². The fourth-order valence-corrected chi connectivity index (χ4v) is 4.04. The fourth-order valence-electron chi connectivity index (χ4n) is 2.68. The number of nitrogens with one attached hydrogen (secondary N) is 2. The van der Waals surface area contributed by atoms with Gasteiger partial charge >= 0.3 is 0 Å². The first kappa shape index (κ1) is 22.0. The monoisotopic (exact) mass is 444 g/mol. The van der Waals surface area contributed by atoms with Crippen molar-refractivity contribution >= 4 is 45.9 Å². The molecule has 0 radical (unpaired) electrons. The van der Waals surface area contributed by atoms with Crippen LogP contribution in [0.1, 0.15) is 31.1 Å². The zero-order chi connectivity index (χ0) is 21.3. The Balaban J connectivity index is 1.42. The lowest BCUT2D eigenvalue weighted by Crippen LogP contribution is -2.18. The van der Waals surface area contributed by atoms with E-state index in [2.05, 4.69) is 52.0 Å². The maximum Gasteiger partial charge on any atom is 0.236 e. The maximum atomic E-state index is 12.1. The van der Waals surface area contributed by atoms with Crippen molar-refractivity contribution in [1.82, 2.24) is 10.1 Å². The van der Waals surface area contributed by atoms with Crippen LogP contribution >= 0.6 is 23.1 Å². The third-order valence-electron chi connectivity index (χ3n) is 4.18. The van der Waals surface area contributed by atoms with Crippen LogP contribution in [0, 0.1) is 6.92 Å². The van der Waals surface area contributed by atoms with E-state index < -0.39 is 0 Å². The summed E-state index contributed by atoms with van der Waals surface area (Å²) in [5.41, 5.74) is 3.19. The largest absolute Gasteiger partial charge is 0.360 e. The first-order valence-electron chi connectivity index (χ1n) is 9.69. The summed E-state index contributed by atoms with van der Waals surface area (Å²) in [7, 11) is 0. The first-order valence-corrected chi connectivity index (χ1v) is 11.7. The molecule has 2 aromatic heterocycles. The highest BCUT2D eigenvalue weighted by atomic mass is 32.2. The van der Waals surface area contributed by atoms with Crippen molar-refractivity contribution in [1.29, 1.82) is 0 Å². The minimum Gasteiger partial charge on any atom is -0.360 e. The van der Waals surface area contributed by atoms with Gasteiger partial charge in [0, 0.05) is 17.0 Å². The summed E-state index contributed by atoms with van der Waals surface area (Å²) < 4.78 is 4.89. The minimum atomic E-state index is -0.236. The van der Waals surface area contributed by atoms with E-state index >= 15 is 0 Å². The van der Waals surface area contributed by atoms with Gasteiger partial charge in [0.15, 0.2) is 10.9 Å². The molecule has 0 aliphatic carbocycles. The van der Waals surface area contributed by atoms with E-state index in [1.165, 1.54) is 41.5 Å². The number of hydrogen-bond acceptors (Lipinski definition) is 7. The van der Waals surface area contributed by atoms with Crippen LogP contribution in [-0.4, -0.2) is 33.5 Å². The number of carbonyl (C=O) groups excluding carboxylic acids is 2. The number of benzene rings is 1. The highest BCUT2D eigenvalue weighted by Gasteiger charge is 2.11. The molecule has 7 nitrogen and oxygen atoms in total. The van der Waals surface area contributed by atoms with Gasteiger partial charge in [-0.3, -0.25) is 9.59 Å². The molecule has 0 aliphatic rings. The third-order valence-corrected chi connectivity index (χ3v) is 5.87. The molecule has 0 spiro atoms. The van der Waals surface area contributed by atoms with Crippen LogP contribution in [0.4, 0.5) is 10.9 Å². The molecule has 158 valence electrons. The van der Waals surface area contributed by atoms with E-state index in [0.29, 0.717) is 16.7 Å². The number of nitrogens with zero attached hydrogens (tertiary/aromatic N) is 2. The van der Waals surface area contributed by atoms with Crippen molar-refractivity contribution in [3.63, 3.8) is 0 Å². The minimum absolute atomic E-state index is 0.146. The molecule has 2 N–H and O–H groups in total. The zero-order valence-corrected chi connectivity index (χ0v) is 18.6. The van der Waals surface area contributed by atoms with Gasteiger partial charge in [-0.15, -0.1) is 23.1 Å². The van der Waals surface area contributed by atoms with Gasteiger partial charge in [-0.1, -0.05) is 42.8 Å². The van der Waals surface area contributed by atoms with Gasteiger partial charge in [-0.2, -0.15) is 0 Å². The van der Waals surface area contributed by atoms with Gasteiger partial charge in [-0.05, 0) is 25.3 Å². The smallest absolute Gasteiger partial charge is 0.236 e. The molecule has 2 heterocycles. The van der Waals surface area contributed by atoms with E-state index in [4.69, 9.17) is 4.52 Å². The summed E-state index contributed by atoms with van der Waals surface area (Å²) in [6, 6.07) is 10.0. The van der Waals surface area contributed by atoms with Crippen LogP contribution in [0.15, 0.2) is 40.2 Å². The Morgan fingerprint density at radius 1 is 1.13 bits per heavy atom. The predicted molar refractivity (Wildman–Crippen MR) is 122 cm³/mol. The Morgan fingerprint density at radius 3 is 2.53 bits per heavy atom. The molecule has 0 saturated heterocycles. The van der Waals surface area contributed by atoms with Crippen molar-refractivity contribution in [3.8, 4) is 11.3 Å². The van der Waals surface area contributed by atoms with Crippen LogP contribution in [0.25, 0.3) is 11.3 Å². The molecule has 3 aromatic rings. The number of hydrogen-bond donors (Lipinski definition) is 2. The summed E-state index contributed by atoms with van der Waals surface area (Å²) in [4.78, 5) is 28.5. The molecule has 0 saturated carbocycles. The number of thioether (sulfide) groups is 1. The quantitative estimate of drug-likeness (QED) is 0.468. The van der Waals surface area contributed by atoms with Crippen LogP contribution in [0.2, 0.25) is 0 Å². The number of unbranched alkanes of at least 4 members (excludes halogenated alkanes) is 1. The standard InChI is InChI=1S/C21H24N4O3S2/c1-3-4-5-15-6-8-16(9-7-15)17-11-30-21(22-17)24-20(27)13-29-12-19(26)23-18-10-14(2)28-25-18/h6-11H,3-5,12-13H2,1-2H3,(H,22,24,27)(H,23,25,26). The SMILES string of the molecule is CCCCc1ccc(-c2csc(NC(=O)CSCC(=O)Nc3cc(C)on3)n2)cc1. The van der Waals surface area contributed by atoms with Gasteiger partial charge in [0.1, 0.15) is 5.76 Å². The zero-order valence-electron chi connectivity index (χ0n) is 16.9. The summed E-state index contributed by atoms with van der Waals surface area (Å²) in [6.45, 7) is 3.93. The second-order valence-electron chi connectivity index (χ2n) is 6.75. The number of aromatic nitrogens is 2. The van der Waals surface area contributed by atoms with Gasteiger partial charge < -0.3 is 15.2 Å². The lowest BCUT2D eigenvalue weighted by Gasteiger charge is -2.03. The topological polar surface area (TPSA) is 97.1 Å². The van der Waals surface area contributed by atoms with Gasteiger partial charge in [0.2, 0.25) is 11.8 Å². The summed E-state index contributed by atoms with van der Waals surface area (Å²) >= 11 is 2.60. The second kappa shape index (κ2) is 10.9. The molecule has 0 fully saturated rings. The lowest BCUT2D eigenvalue weighted by atomic mass is 10.1. The molecule has 30 heavy (non-hydrogen) atoms. The number of carbonyl (C=O) groups is 2. The fraction of sp³-hybridized carbons (Fsp3) is 0.333. The van der Waals surface area contributed by atoms with Gasteiger partial charge in [0.25, 0.3) is 0 Å². The van der Waals surface area contributed by atoms with Crippen LogP contribution in [-0.2, 0) is 16.0 Å². The molecule has 0 unspecified atom stereocenters. The van der Waals surface area contributed by atoms with E-state index in [9.17, 15) is 9.59 Å². The first-order chi connectivity index (χ1) is 14.5. The Hall–Kier alpha value is -2.65. The van der Waals surface area contributed by atoms with Crippen molar-refractivity contribution in [2.45, 2.75) is 33.1 Å². The second-order valence-corrected chi connectivity index (χ2v) is 8.59. The number of aryl methyl sites for hydroxylation is 2. The summed E-state index contributed by atoms with van der Waals surface area (Å²) in [5.74, 6) is 0.865. The molecular weight excluding hydrogens is 420 g/mol. The van der Waals surface area contributed by atoms with Crippen molar-refractivity contribution in [2.24, 2.45) is 0 Å². The lowest BCUT2D eigenvalue weighted by molar-refractivity contribution is -0.114. The van der Waals surface area contributed by atoms with Crippen LogP contribution in [0.5, 0.6) is 0 Å². The summed E-state index contributed by atoms with van der Waals surface area (Å²) in [6.07, 6.45) is 3.45. The molecule has 0 bridgehead atoms. The molecule has 3 rings (SSSR count). The van der Waals surface area contributed by atoms with E-state index in [1.54, 1.807) is 13.0 Å². The normalized spacial score (nSPS) is 10.7. The number of anilines is 2. The Kier molecular flexibility index (Phi) is 8.04. The third kappa shape index (κ3) is 6.70. The number of rotatable bonds is 10. The number of amides is 2. The maximum absolute atomic E-state index is 12.1. The average molecular weight is 445 g/mol. The van der Waals surface area contributed by atoms with Crippen LogP contribution in [0.3, 0.4) is 0 Å². The van der Waals surface area contributed by atoms with E-state index in [-0.39, 0.29) is 23.3 Å². The predicted octanol–water partition coefficient (Wildman–Crippen LogP) is 4.76. The van der Waals surface area contributed by atoms with E-state index in [0.717, 1.165) is 17.7 Å². The Bertz CT molecular complexity index is 982. The average Bonchev–Trinajstić information content (AvgIpc) is 3.35. The Labute approximate surface area is 183 Å². The van der Waals surface area contributed by atoms with Crippen LogP contribution < -0.4 is 10.6 Å². The van der Waals surface area contributed by atoms with Gasteiger partial charge in [0.05, 0.1) is 17.2 Å². The molecule has 9 heteroatoms. The van der Waals surface area contributed by atoms with Gasteiger partial charge in [-0.25, -0.2) is 4.98 Å². The van der Waals surface area contributed by atoms with Crippen molar-refractivity contribution in [3.05, 3.63) is 47.0 Å². The molecule has 0 aliphatic heterocycles. The Morgan fingerprint density at radius 2 is 1.87 bits per heavy atom. The molecule has 1 aromatic carbocycles. The highest BCUT2D eigenvalue weighted by molar-refractivity contribution is 8.00. The molecule has 0 atom stereocenters. The summed E-state index contributed by atoms with van der Waals surface area (Å²) in [5, 5.41) is 11.6. The van der Waals surface area contributed by atoms with Crippen molar-refractivity contribution in [2.75, 3.05) is 22.1 Å². The number of thiazole rings is 1. The highest BCUT2D eigenvalue weighted by Crippen LogP contribution is 2.25. The molecule has 2 amide bonds. The molecular formula is C21H24N4O3S2.